The summed E-state index contributed by atoms with van der Waals surface area (Å²) < 4.78 is 10.9. The van der Waals surface area contributed by atoms with Gasteiger partial charge in [0.25, 0.3) is 0 Å². The molecule has 0 heterocycles. The summed E-state index contributed by atoms with van der Waals surface area (Å²) in [6.07, 6.45) is 0. The van der Waals surface area contributed by atoms with Crippen LogP contribution in [-0.2, 0) is 13.2 Å². The third kappa shape index (κ3) is 3.48. The average Bonchev–Trinajstić information content (AvgIpc) is 2.46. The smallest absolute Gasteiger partial charge is 0.128 e. The number of ether oxygens (including phenoxy) is 2. The van der Waals surface area contributed by atoms with Crippen LogP contribution in [0.25, 0.3) is 0 Å². The van der Waals surface area contributed by atoms with Crippen LogP contribution >= 0.6 is 0 Å². The normalized spacial score (nSPS) is 10.3. The summed E-state index contributed by atoms with van der Waals surface area (Å²) >= 11 is 0. The number of methoxy groups -OCH3 is 1. The van der Waals surface area contributed by atoms with Gasteiger partial charge in [-0.1, -0.05) is 29.8 Å². The Balaban J connectivity index is 2.05. The van der Waals surface area contributed by atoms with E-state index in [1.54, 1.807) is 13.2 Å². The molecule has 0 atom stereocenters. The van der Waals surface area contributed by atoms with E-state index in [1.165, 1.54) is 5.56 Å². The van der Waals surface area contributed by atoms with Gasteiger partial charge in [0, 0.05) is 11.6 Å². The monoisotopic (exact) mass is 258 g/mol. The molecule has 0 aromatic heterocycles. The molecule has 2 aromatic carbocycles. The number of aryl methyl sites for hydroxylation is 1. The molecule has 3 heteroatoms. The van der Waals surface area contributed by atoms with E-state index in [2.05, 4.69) is 31.2 Å². The summed E-state index contributed by atoms with van der Waals surface area (Å²) in [5.41, 5.74) is 3.11. The number of hydrogen-bond donors (Lipinski definition) is 1. The van der Waals surface area contributed by atoms with E-state index in [0.29, 0.717) is 12.4 Å². The average molecular weight is 258 g/mol. The molecule has 0 amide bonds. The summed E-state index contributed by atoms with van der Waals surface area (Å²) in [6, 6.07) is 13.7. The van der Waals surface area contributed by atoms with Crippen molar-refractivity contribution in [3.05, 3.63) is 59.2 Å². The highest BCUT2D eigenvalue weighted by Crippen LogP contribution is 2.25. The Morgan fingerprint density at radius 1 is 1.05 bits per heavy atom. The molecule has 2 rings (SSSR count). The second kappa shape index (κ2) is 6.25. The minimum absolute atomic E-state index is 0.0403. The molecule has 0 spiro atoms. The van der Waals surface area contributed by atoms with Crippen LogP contribution < -0.4 is 9.47 Å². The van der Waals surface area contributed by atoms with Crippen molar-refractivity contribution in [2.75, 3.05) is 7.11 Å². The Morgan fingerprint density at radius 3 is 2.42 bits per heavy atom. The van der Waals surface area contributed by atoms with E-state index in [1.807, 2.05) is 12.1 Å². The zero-order valence-electron chi connectivity index (χ0n) is 11.2. The lowest BCUT2D eigenvalue weighted by Crippen LogP contribution is -1.97. The summed E-state index contributed by atoms with van der Waals surface area (Å²) in [5.74, 6) is 1.37. The first-order chi connectivity index (χ1) is 9.22. The summed E-state index contributed by atoms with van der Waals surface area (Å²) in [7, 11) is 1.58. The predicted molar refractivity (Wildman–Crippen MR) is 74.4 cm³/mol. The fraction of sp³-hybridized carbons (Fsp3) is 0.250. The predicted octanol–water partition coefficient (Wildman–Crippen LogP) is 3.07. The molecule has 3 nitrogen and oxygen atoms in total. The highest BCUT2D eigenvalue weighted by Gasteiger charge is 2.04. The van der Waals surface area contributed by atoms with Gasteiger partial charge in [0.2, 0.25) is 0 Å². The molecule has 100 valence electrons. The van der Waals surface area contributed by atoms with Crippen molar-refractivity contribution in [2.24, 2.45) is 0 Å². The van der Waals surface area contributed by atoms with Crippen LogP contribution in [0.15, 0.2) is 42.5 Å². The highest BCUT2D eigenvalue weighted by atomic mass is 16.5. The van der Waals surface area contributed by atoms with Gasteiger partial charge in [-0.25, -0.2) is 0 Å². The Hall–Kier alpha value is -2.00. The quantitative estimate of drug-likeness (QED) is 0.895. The third-order valence-corrected chi connectivity index (χ3v) is 2.95. The summed E-state index contributed by atoms with van der Waals surface area (Å²) in [5, 5.41) is 9.15. The number of benzene rings is 2. The topological polar surface area (TPSA) is 38.7 Å². The molecule has 19 heavy (non-hydrogen) atoms. The summed E-state index contributed by atoms with van der Waals surface area (Å²) in [6.45, 7) is 2.53. The van der Waals surface area contributed by atoms with Gasteiger partial charge in [-0.2, -0.15) is 0 Å². The molecule has 0 aliphatic carbocycles. The first-order valence-electron chi connectivity index (χ1n) is 6.19. The van der Waals surface area contributed by atoms with E-state index >= 15 is 0 Å². The molecular formula is C16H18O3. The van der Waals surface area contributed by atoms with Crippen LogP contribution in [0.2, 0.25) is 0 Å². The lowest BCUT2D eigenvalue weighted by Gasteiger charge is -2.10. The molecule has 0 aliphatic heterocycles. The maximum atomic E-state index is 9.15. The first-order valence-corrected chi connectivity index (χ1v) is 6.19. The van der Waals surface area contributed by atoms with Crippen molar-refractivity contribution in [1.29, 1.82) is 0 Å². The van der Waals surface area contributed by atoms with Gasteiger partial charge in [0.1, 0.15) is 18.1 Å². The van der Waals surface area contributed by atoms with Crippen LogP contribution in [0.3, 0.4) is 0 Å². The molecule has 1 N–H and O–H groups in total. The van der Waals surface area contributed by atoms with E-state index in [0.717, 1.165) is 16.9 Å². The largest absolute Gasteiger partial charge is 0.496 e. The van der Waals surface area contributed by atoms with Crippen LogP contribution in [0.4, 0.5) is 0 Å². The van der Waals surface area contributed by atoms with E-state index < -0.39 is 0 Å². The Kier molecular flexibility index (Phi) is 4.42. The van der Waals surface area contributed by atoms with Gasteiger partial charge in [-0.3, -0.25) is 0 Å². The van der Waals surface area contributed by atoms with Crippen molar-refractivity contribution < 1.29 is 14.6 Å². The molecule has 0 fully saturated rings. The second-order valence-corrected chi connectivity index (χ2v) is 4.41. The van der Waals surface area contributed by atoms with Crippen molar-refractivity contribution in [1.82, 2.24) is 0 Å². The molecule has 0 bridgehead atoms. The van der Waals surface area contributed by atoms with Crippen LogP contribution in [-0.4, -0.2) is 12.2 Å². The van der Waals surface area contributed by atoms with Crippen molar-refractivity contribution in [3.8, 4) is 11.5 Å². The van der Waals surface area contributed by atoms with Gasteiger partial charge in [-0.05, 0) is 24.6 Å². The number of aliphatic hydroxyl groups is 1. The number of rotatable bonds is 5. The molecule has 2 aromatic rings. The van der Waals surface area contributed by atoms with E-state index in [4.69, 9.17) is 14.6 Å². The Morgan fingerprint density at radius 2 is 1.79 bits per heavy atom. The third-order valence-electron chi connectivity index (χ3n) is 2.95. The maximum Gasteiger partial charge on any atom is 0.128 e. The Bertz CT molecular complexity index is 532. The van der Waals surface area contributed by atoms with Gasteiger partial charge in [-0.15, -0.1) is 0 Å². The zero-order valence-corrected chi connectivity index (χ0v) is 11.2. The van der Waals surface area contributed by atoms with Crippen LogP contribution in [0.5, 0.6) is 11.5 Å². The van der Waals surface area contributed by atoms with Crippen LogP contribution in [0.1, 0.15) is 16.7 Å². The summed E-state index contributed by atoms with van der Waals surface area (Å²) in [4.78, 5) is 0. The molecule has 0 radical (unpaired) electrons. The van der Waals surface area contributed by atoms with E-state index in [9.17, 15) is 0 Å². The standard InChI is InChI=1S/C16H18O3/c1-12-3-5-13(6-4-12)11-19-15-8-7-14(10-17)16(9-15)18-2/h3-9,17H,10-11H2,1-2H3. The van der Waals surface area contributed by atoms with Crippen molar-refractivity contribution in [2.45, 2.75) is 20.1 Å². The first kappa shape index (κ1) is 13.4. The van der Waals surface area contributed by atoms with E-state index in [-0.39, 0.29) is 6.61 Å². The molecular weight excluding hydrogens is 240 g/mol. The fourth-order valence-electron chi connectivity index (χ4n) is 1.80. The SMILES string of the molecule is COc1cc(OCc2ccc(C)cc2)ccc1CO. The maximum absolute atomic E-state index is 9.15. The van der Waals surface area contributed by atoms with Crippen LogP contribution in [0, 0.1) is 6.92 Å². The molecule has 0 aliphatic rings. The van der Waals surface area contributed by atoms with Crippen molar-refractivity contribution in [3.63, 3.8) is 0 Å². The minimum Gasteiger partial charge on any atom is -0.496 e. The highest BCUT2D eigenvalue weighted by molar-refractivity contribution is 5.40. The number of hydrogen-bond acceptors (Lipinski definition) is 3. The molecule has 0 unspecified atom stereocenters. The molecule has 0 saturated heterocycles. The minimum atomic E-state index is -0.0403. The Labute approximate surface area is 113 Å². The number of aliphatic hydroxyl groups excluding tert-OH is 1. The molecule has 0 saturated carbocycles. The zero-order chi connectivity index (χ0) is 13.7. The van der Waals surface area contributed by atoms with Gasteiger partial charge >= 0.3 is 0 Å². The van der Waals surface area contributed by atoms with Crippen molar-refractivity contribution >= 4 is 0 Å². The lowest BCUT2D eigenvalue weighted by atomic mass is 10.1. The van der Waals surface area contributed by atoms with Gasteiger partial charge < -0.3 is 14.6 Å². The lowest BCUT2D eigenvalue weighted by molar-refractivity contribution is 0.271. The van der Waals surface area contributed by atoms with Gasteiger partial charge in [0.05, 0.1) is 13.7 Å². The van der Waals surface area contributed by atoms with Gasteiger partial charge in [0.15, 0.2) is 0 Å². The fourth-order valence-corrected chi connectivity index (χ4v) is 1.80. The second-order valence-electron chi connectivity index (χ2n) is 4.41.